The van der Waals surface area contributed by atoms with E-state index in [9.17, 15) is 4.79 Å². The van der Waals surface area contributed by atoms with Crippen molar-refractivity contribution in [2.75, 3.05) is 0 Å². The summed E-state index contributed by atoms with van der Waals surface area (Å²) in [6.45, 7) is 2.25. The average Bonchev–Trinajstić information content (AvgIpc) is 3.18. The molecule has 4 rings (SSSR count). The highest BCUT2D eigenvalue weighted by Crippen LogP contribution is 2.34. The van der Waals surface area contributed by atoms with Crippen molar-refractivity contribution < 1.29 is 0 Å². The largest absolute Gasteiger partial charge is 0.355 e. The molecule has 3 aromatic rings. The van der Waals surface area contributed by atoms with Crippen molar-refractivity contribution in [3.63, 3.8) is 0 Å². The van der Waals surface area contributed by atoms with Crippen molar-refractivity contribution >= 4 is 17.1 Å². The topological polar surface area (TPSA) is 73.6 Å². The second kappa shape index (κ2) is 6.09. The maximum absolute atomic E-state index is 11.8. The summed E-state index contributed by atoms with van der Waals surface area (Å²) in [6.07, 6.45) is 8.78. The third-order valence-electron chi connectivity index (χ3n) is 4.78. The van der Waals surface area contributed by atoms with Gasteiger partial charge < -0.3 is 15.3 Å². The van der Waals surface area contributed by atoms with E-state index in [-0.39, 0.29) is 11.6 Å². The average molecular weight is 320 g/mol. The van der Waals surface area contributed by atoms with Crippen LogP contribution in [0.5, 0.6) is 0 Å². The first-order valence-electron chi connectivity index (χ1n) is 8.26. The predicted molar refractivity (Wildman–Crippen MR) is 95.6 cm³/mol. The Kier molecular flexibility index (Phi) is 3.78. The van der Waals surface area contributed by atoms with Gasteiger partial charge in [0, 0.05) is 23.8 Å². The van der Waals surface area contributed by atoms with Crippen LogP contribution in [-0.2, 0) is 0 Å². The molecule has 1 aliphatic rings. The second-order valence-corrected chi connectivity index (χ2v) is 6.43. The Bertz CT molecular complexity index is 925. The molecule has 122 valence electrons. The van der Waals surface area contributed by atoms with Gasteiger partial charge in [-0.05, 0) is 17.9 Å². The summed E-state index contributed by atoms with van der Waals surface area (Å²) in [5, 5.41) is 3.67. The Morgan fingerprint density at radius 3 is 2.88 bits per heavy atom. The minimum absolute atomic E-state index is 0.127. The maximum Gasteiger partial charge on any atom is 0.275 e. The van der Waals surface area contributed by atoms with Gasteiger partial charge in [-0.1, -0.05) is 49.4 Å². The highest BCUT2D eigenvalue weighted by Gasteiger charge is 2.31. The standard InChI is InChI=1S/C19H20N4O/c1-12-9-16(14-10-20-18-17(14)21-11-22-19(18)24)23-15(12)8-7-13-5-3-2-4-6-13/h2-8,10-12,15-16,20,23H,9H2,1H3,(H,21,22,24)/b8-7+/t12?,15-,16-/m1/s1. The molecular formula is C19H20N4O. The zero-order chi connectivity index (χ0) is 16.5. The van der Waals surface area contributed by atoms with Crippen molar-refractivity contribution in [1.82, 2.24) is 20.3 Å². The van der Waals surface area contributed by atoms with Crippen LogP contribution in [0.25, 0.3) is 17.1 Å². The lowest BCUT2D eigenvalue weighted by Crippen LogP contribution is -2.25. The van der Waals surface area contributed by atoms with E-state index in [2.05, 4.69) is 51.5 Å². The number of aromatic nitrogens is 3. The Balaban J connectivity index is 1.57. The van der Waals surface area contributed by atoms with Gasteiger partial charge in [0.15, 0.2) is 0 Å². The van der Waals surface area contributed by atoms with Gasteiger partial charge in [0.1, 0.15) is 11.0 Å². The van der Waals surface area contributed by atoms with Crippen molar-refractivity contribution in [2.45, 2.75) is 25.4 Å². The molecule has 1 aliphatic heterocycles. The fourth-order valence-corrected chi connectivity index (χ4v) is 3.46. The van der Waals surface area contributed by atoms with Crippen LogP contribution in [0.4, 0.5) is 0 Å². The summed E-state index contributed by atoms with van der Waals surface area (Å²) >= 11 is 0. The minimum atomic E-state index is -0.127. The number of hydrogen-bond donors (Lipinski definition) is 3. The Morgan fingerprint density at radius 2 is 2.04 bits per heavy atom. The van der Waals surface area contributed by atoms with Gasteiger partial charge in [0.2, 0.25) is 0 Å². The number of H-pyrrole nitrogens is 2. The van der Waals surface area contributed by atoms with Gasteiger partial charge >= 0.3 is 0 Å². The van der Waals surface area contributed by atoms with Crippen LogP contribution in [0.2, 0.25) is 0 Å². The molecular weight excluding hydrogens is 300 g/mol. The molecule has 3 heterocycles. The Labute approximate surface area is 139 Å². The predicted octanol–water partition coefficient (Wildman–Crippen LogP) is 3.00. The fraction of sp³-hybridized carbons (Fsp3) is 0.263. The van der Waals surface area contributed by atoms with Gasteiger partial charge in [-0.15, -0.1) is 0 Å². The third-order valence-corrected chi connectivity index (χ3v) is 4.78. The number of hydrogen-bond acceptors (Lipinski definition) is 3. The molecule has 5 heteroatoms. The zero-order valence-corrected chi connectivity index (χ0v) is 13.5. The first-order chi connectivity index (χ1) is 11.7. The van der Waals surface area contributed by atoms with Gasteiger partial charge in [0.05, 0.1) is 6.33 Å². The van der Waals surface area contributed by atoms with Crippen molar-refractivity contribution in [3.8, 4) is 0 Å². The summed E-state index contributed by atoms with van der Waals surface area (Å²) < 4.78 is 0. The van der Waals surface area contributed by atoms with Crippen LogP contribution in [0.1, 0.15) is 30.5 Å². The molecule has 0 amide bonds. The molecule has 0 radical (unpaired) electrons. The molecule has 0 spiro atoms. The van der Waals surface area contributed by atoms with Gasteiger partial charge in [0.25, 0.3) is 5.56 Å². The van der Waals surface area contributed by atoms with E-state index in [1.165, 1.54) is 11.9 Å². The molecule has 1 fully saturated rings. The van der Waals surface area contributed by atoms with E-state index in [0.717, 1.165) is 17.5 Å². The van der Waals surface area contributed by atoms with E-state index in [1.54, 1.807) is 0 Å². The number of benzene rings is 1. The summed E-state index contributed by atoms with van der Waals surface area (Å²) in [6, 6.07) is 10.8. The maximum atomic E-state index is 11.8. The van der Waals surface area contributed by atoms with Crippen molar-refractivity contribution in [1.29, 1.82) is 0 Å². The molecule has 2 aromatic heterocycles. The summed E-state index contributed by atoms with van der Waals surface area (Å²) in [4.78, 5) is 21.8. The Hall–Kier alpha value is -2.66. The quantitative estimate of drug-likeness (QED) is 0.694. The summed E-state index contributed by atoms with van der Waals surface area (Å²) in [5.41, 5.74) is 3.45. The molecule has 0 bridgehead atoms. The molecule has 3 atom stereocenters. The lowest BCUT2D eigenvalue weighted by molar-refractivity contribution is 0.563. The molecule has 1 unspecified atom stereocenters. The van der Waals surface area contributed by atoms with Crippen LogP contribution in [0.15, 0.2) is 53.7 Å². The summed E-state index contributed by atoms with van der Waals surface area (Å²) in [7, 11) is 0. The van der Waals surface area contributed by atoms with Gasteiger partial charge in [-0.25, -0.2) is 4.98 Å². The highest BCUT2D eigenvalue weighted by atomic mass is 16.1. The normalized spacial score (nSPS) is 24.1. The smallest absolute Gasteiger partial charge is 0.275 e. The third kappa shape index (κ3) is 2.67. The van der Waals surface area contributed by atoms with E-state index in [4.69, 9.17) is 0 Å². The van der Waals surface area contributed by atoms with Gasteiger partial charge in [-0.2, -0.15) is 0 Å². The first-order valence-corrected chi connectivity index (χ1v) is 8.26. The lowest BCUT2D eigenvalue weighted by atomic mass is 9.98. The molecule has 5 nitrogen and oxygen atoms in total. The van der Waals surface area contributed by atoms with Crippen molar-refractivity contribution in [3.05, 3.63) is 70.4 Å². The Morgan fingerprint density at radius 1 is 1.21 bits per heavy atom. The number of nitrogens with one attached hydrogen (secondary N) is 3. The van der Waals surface area contributed by atoms with E-state index in [1.807, 2.05) is 24.4 Å². The van der Waals surface area contributed by atoms with E-state index >= 15 is 0 Å². The van der Waals surface area contributed by atoms with Gasteiger partial charge in [-0.3, -0.25) is 4.79 Å². The van der Waals surface area contributed by atoms with Crippen molar-refractivity contribution in [2.24, 2.45) is 5.92 Å². The van der Waals surface area contributed by atoms with Crippen LogP contribution in [0.3, 0.4) is 0 Å². The molecule has 1 saturated heterocycles. The molecule has 0 aliphatic carbocycles. The second-order valence-electron chi connectivity index (χ2n) is 6.43. The molecule has 24 heavy (non-hydrogen) atoms. The SMILES string of the molecule is CC1C[C@H](c2c[nH]c3c(=O)[nH]cnc23)N[C@@H]1/C=C/c1ccccc1. The number of rotatable bonds is 3. The minimum Gasteiger partial charge on any atom is -0.355 e. The number of fused-ring (bicyclic) bond motifs is 1. The van der Waals surface area contributed by atoms with Crippen LogP contribution < -0.4 is 10.9 Å². The number of aromatic amines is 2. The molecule has 1 aromatic carbocycles. The lowest BCUT2D eigenvalue weighted by Gasteiger charge is -2.11. The van der Waals surface area contributed by atoms with Crippen LogP contribution in [0, 0.1) is 5.92 Å². The van der Waals surface area contributed by atoms with E-state index in [0.29, 0.717) is 17.5 Å². The zero-order valence-electron chi connectivity index (χ0n) is 13.5. The monoisotopic (exact) mass is 320 g/mol. The van der Waals surface area contributed by atoms with E-state index < -0.39 is 0 Å². The number of nitrogens with zero attached hydrogens (tertiary/aromatic N) is 1. The first kappa shape index (κ1) is 14.9. The fourth-order valence-electron chi connectivity index (χ4n) is 3.46. The highest BCUT2D eigenvalue weighted by molar-refractivity contribution is 5.78. The molecule has 0 saturated carbocycles. The van der Waals surface area contributed by atoms with Crippen LogP contribution >= 0.6 is 0 Å². The summed E-state index contributed by atoms with van der Waals surface area (Å²) in [5.74, 6) is 0.516. The molecule has 3 N–H and O–H groups in total. The van der Waals surface area contributed by atoms with Crippen LogP contribution in [-0.4, -0.2) is 21.0 Å².